The molecule has 100 valence electrons. The van der Waals surface area contributed by atoms with Crippen LogP contribution in [0, 0.1) is 0 Å². The highest BCUT2D eigenvalue weighted by atomic mass is 35.5. The average molecular weight is 289 g/mol. The van der Waals surface area contributed by atoms with Crippen molar-refractivity contribution in [1.82, 2.24) is 9.62 Å². The molecule has 1 aliphatic rings. The fourth-order valence-corrected chi connectivity index (χ4v) is 4.67. The van der Waals surface area contributed by atoms with Gasteiger partial charge in [0.15, 0.2) is 0 Å². The maximum Gasteiger partial charge on any atom is 0.245 e. The first kappa shape index (κ1) is 13.8. The monoisotopic (exact) mass is 288 g/mol. The molecule has 0 bridgehead atoms. The fourth-order valence-electron chi connectivity index (χ4n) is 2.36. The lowest BCUT2D eigenvalue weighted by Crippen LogP contribution is -2.57. The minimum absolute atomic E-state index is 0.0741. The molecule has 1 heterocycles. The van der Waals surface area contributed by atoms with Crippen molar-refractivity contribution in [2.24, 2.45) is 0 Å². The molecule has 2 rings (SSSR count). The van der Waals surface area contributed by atoms with Crippen molar-refractivity contribution < 1.29 is 8.42 Å². The zero-order valence-corrected chi connectivity index (χ0v) is 12.0. The Bertz CT molecular complexity index is 523. The molecule has 0 aromatic heterocycles. The van der Waals surface area contributed by atoms with Crippen LogP contribution in [-0.4, -0.2) is 37.9 Å². The quantitative estimate of drug-likeness (QED) is 0.901. The molecule has 1 N–H and O–H groups in total. The van der Waals surface area contributed by atoms with E-state index in [4.69, 9.17) is 11.6 Å². The van der Waals surface area contributed by atoms with Crippen LogP contribution in [0.3, 0.4) is 0 Å². The second kappa shape index (κ2) is 5.17. The van der Waals surface area contributed by atoms with Crippen LogP contribution in [0.25, 0.3) is 0 Å². The van der Waals surface area contributed by atoms with Crippen LogP contribution in [0.2, 0.25) is 5.02 Å². The van der Waals surface area contributed by atoms with Gasteiger partial charge in [-0.2, -0.15) is 4.31 Å². The molecule has 0 amide bonds. The Morgan fingerprint density at radius 3 is 2.33 bits per heavy atom. The summed E-state index contributed by atoms with van der Waals surface area (Å²) in [6.07, 6.45) is 0. The molecule has 18 heavy (non-hydrogen) atoms. The summed E-state index contributed by atoms with van der Waals surface area (Å²) in [5.41, 5.74) is 0. The molecule has 0 saturated carbocycles. The standard InChI is InChI=1S/C12H17ClN2O2S/c1-9-7-14-8-10(2)15(9)18(16,17)12-6-4-3-5-11(12)13/h3-6,9-10,14H,7-8H2,1-2H3. The van der Waals surface area contributed by atoms with Gasteiger partial charge in [0.05, 0.1) is 5.02 Å². The molecule has 1 saturated heterocycles. The molecule has 1 fully saturated rings. The van der Waals surface area contributed by atoms with Crippen molar-refractivity contribution in [3.05, 3.63) is 29.3 Å². The Morgan fingerprint density at radius 2 is 1.78 bits per heavy atom. The van der Waals surface area contributed by atoms with Gasteiger partial charge >= 0.3 is 0 Å². The topological polar surface area (TPSA) is 49.4 Å². The lowest BCUT2D eigenvalue weighted by molar-refractivity contribution is 0.220. The molecular weight excluding hydrogens is 272 g/mol. The Hall–Kier alpha value is -0.620. The zero-order chi connectivity index (χ0) is 13.3. The van der Waals surface area contributed by atoms with E-state index in [1.807, 2.05) is 13.8 Å². The summed E-state index contributed by atoms with van der Waals surface area (Å²) in [5, 5.41) is 3.49. The molecule has 4 nitrogen and oxygen atoms in total. The van der Waals surface area contributed by atoms with Crippen LogP contribution in [0.1, 0.15) is 13.8 Å². The molecule has 6 heteroatoms. The van der Waals surface area contributed by atoms with Crippen LogP contribution < -0.4 is 5.32 Å². The summed E-state index contributed by atoms with van der Waals surface area (Å²) in [7, 11) is -3.53. The smallest absolute Gasteiger partial charge is 0.245 e. The Balaban J connectivity index is 2.45. The Kier molecular flexibility index (Phi) is 3.96. The van der Waals surface area contributed by atoms with E-state index in [1.54, 1.807) is 28.6 Å². The largest absolute Gasteiger partial charge is 0.314 e. The molecule has 2 unspecified atom stereocenters. The van der Waals surface area contributed by atoms with Gasteiger partial charge in [-0.25, -0.2) is 8.42 Å². The summed E-state index contributed by atoms with van der Waals surface area (Å²) >= 11 is 6.00. The second-order valence-electron chi connectivity index (χ2n) is 4.62. The molecule has 1 aromatic rings. The van der Waals surface area contributed by atoms with E-state index in [2.05, 4.69) is 5.32 Å². The van der Waals surface area contributed by atoms with Crippen LogP contribution in [0.15, 0.2) is 29.2 Å². The number of benzene rings is 1. The highest BCUT2D eigenvalue weighted by molar-refractivity contribution is 7.89. The highest BCUT2D eigenvalue weighted by Crippen LogP contribution is 2.27. The molecular formula is C12H17ClN2O2S. The minimum Gasteiger partial charge on any atom is -0.314 e. The van der Waals surface area contributed by atoms with Gasteiger partial charge < -0.3 is 5.32 Å². The van der Waals surface area contributed by atoms with Gasteiger partial charge in [0.2, 0.25) is 10.0 Å². The van der Waals surface area contributed by atoms with E-state index < -0.39 is 10.0 Å². The summed E-state index contributed by atoms with van der Waals surface area (Å²) in [6.45, 7) is 5.12. The molecule has 1 aromatic carbocycles. The predicted molar refractivity (Wildman–Crippen MR) is 72.3 cm³/mol. The first-order valence-electron chi connectivity index (χ1n) is 5.93. The number of piperazine rings is 1. The van der Waals surface area contributed by atoms with E-state index in [9.17, 15) is 8.42 Å². The van der Waals surface area contributed by atoms with Crippen LogP contribution in [-0.2, 0) is 10.0 Å². The molecule has 0 aliphatic carbocycles. The molecule has 0 radical (unpaired) electrons. The van der Waals surface area contributed by atoms with Crippen molar-refractivity contribution in [2.45, 2.75) is 30.8 Å². The number of rotatable bonds is 2. The van der Waals surface area contributed by atoms with Gasteiger partial charge in [0.25, 0.3) is 0 Å². The van der Waals surface area contributed by atoms with Crippen molar-refractivity contribution in [2.75, 3.05) is 13.1 Å². The zero-order valence-electron chi connectivity index (χ0n) is 10.4. The molecule has 1 aliphatic heterocycles. The minimum atomic E-state index is -3.53. The third-order valence-corrected chi connectivity index (χ3v) is 5.77. The number of halogens is 1. The van der Waals surface area contributed by atoms with Crippen molar-refractivity contribution in [1.29, 1.82) is 0 Å². The Labute approximate surface area is 113 Å². The van der Waals surface area contributed by atoms with Gasteiger partial charge in [0.1, 0.15) is 4.90 Å². The van der Waals surface area contributed by atoms with Gasteiger partial charge in [-0.15, -0.1) is 0 Å². The lowest BCUT2D eigenvalue weighted by Gasteiger charge is -2.38. The van der Waals surface area contributed by atoms with E-state index in [-0.39, 0.29) is 22.0 Å². The van der Waals surface area contributed by atoms with E-state index in [0.29, 0.717) is 13.1 Å². The van der Waals surface area contributed by atoms with Crippen LogP contribution >= 0.6 is 11.6 Å². The Morgan fingerprint density at radius 1 is 1.22 bits per heavy atom. The number of nitrogens with zero attached hydrogens (tertiary/aromatic N) is 1. The van der Waals surface area contributed by atoms with Crippen molar-refractivity contribution in [3.63, 3.8) is 0 Å². The number of sulfonamides is 1. The van der Waals surface area contributed by atoms with Crippen molar-refractivity contribution in [3.8, 4) is 0 Å². The first-order valence-corrected chi connectivity index (χ1v) is 7.75. The van der Waals surface area contributed by atoms with Crippen LogP contribution in [0.5, 0.6) is 0 Å². The third kappa shape index (κ3) is 2.40. The van der Waals surface area contributed by atoms with Gasteiger partial charge in [-0.05, 0) is 26.0 Å². The summed E-state index contributed by atoms with van der Waals surface area (Å²) in [5.74, 6) is 0. The molecule has 0 spiro atoms. The predicted octanol–water partition coefficient (Wildman–Crippen LogP) is 1.71. The normalized spacial score (nSPS) is 26.2. The van der Waals surface area contributed by atoms with Gasteiger partial charge in [0, 0.05) is 25.2 Å². The van der Waals surface area contributed by atoms with Gasteiger partial charge in [-0.3, -0.25) is 0 Å². The number of hydrogen-bond donors (Lipinski definition) is 1. The summed E-state index contributed by atoms with van der Waals surface area (Å²) in [6, 6.07) is 6.43. The van der Waals surface area contributed by atoms with Crippen molar-refractivity contribution >= 4 is 21.6 Å². The lowest BCUT2D eigenvalue weighted by atomic mass is 10.2. The van der Waals surface area contributed by atoms with Gasteiger partial charge in [-0.1, -0.05) is 23.7 Å². The van der Waals surface area contributed by atoms with E-state index in [1.165, 1.54) is 0 Å². The summed E-state index contributed by atoms with van der Waals surface area (Å²) < 4.78 is 26.8. The summed E-state index contributed by atoms with van der Waals surface area (Å²) in [4.78, 5) is 0.187. The van der Waals surface area contributed by atoms with E-state index >= 15 is 0 Å². The average Bonchev–Trinajstić information content (AvgIpc) is 2.28. The number of nitrogens with one attached hydrogen (secondary N) is 1. The maximum atomic E-state index is 12.6. The molecule has 2 atom stereocenters. The third-order valence-electron chi connectivity index (χ3n) is 3.14. The first-order chi connectivity index (χ1) is 8.44. The fraction of sp³-hybridized carbons (Fsp3) is 0.500. The van der Waals surface area contributed by atoms with E-state index in [0.717, 1.165) is 0 Å². The SMILES string of the molecule is CC1CNCC(C)N1S(=O)(=O)c1ccccc1Cl. The van der Waals surface area contributed by atoms with Crippen LogP contribution in [0.4, 0.5) is 0 Å². The number of hydrogen-bond acceptors (Lipinski definition) is 3. The second-order valence-corrected chi connectivity index (χ2v) is 6.84. The maximum absolute atomic E-state index is 12.6. The highest BCUT2D eigenvalue weighted by Gasteiger charge is 2.36.